The molecule has 0 fully saturated rings. The molecule has 0 aromatic rings. The zero-order chi connectivity index (χ0) is 14.0. The molecule has 1 rings (SSSR count). The quantitative estimate of drug-likeness (QED) is 0.604. The van der Waals surface area contributed by atoms with Crippen LogP contribution in [0, 0.1) is 0 Å². The smallest absolute Gasteiger partial charge is 0.330 e. The molecule has 100 valence electrons. The Hall–Kier alpha value is -2.11. The molecule has 0 amide bonds. The number of allylic oxidation sites excluding steroid dienone is 2. The topological polar surface area (TPSA) is 89.9 Å². The summed E-state index contributed by atoms with van der Waals surface area (Å²) in [6, 6.07) is 0. The third-order valence-electron chi connectivity index (χ3n) is 1.69. The minimum Gasteiger partial charge on any atom is -0.478 e. The van der Waals surface area contributed by atoms with Gasteiger partial charge in [-0.3, -0.25) is 4.79 Å². The number of esters is 2. The maximum absolute atomic E-state index is 10.4. The van der Waals surface area contributed by atoms with E-state index in [0.29, 0.717) is 0 Å². The summed E-state index contributed by atoms with van der Waals surface area (Å²) in [5.41, 5.74) is 0. The summed E-state index contributed by atoms with van der Waals surface area (Å²) in [5, 5.41) is 8.04. The van der Waals surface area contributed by atoms with Crippen LogP contribution < -0.4 is 0 Å². The summed E-state index contributed by atoms with van der Waals surface area (Å²) in [5.74, 6) is -1.17. The van der Waals surface area contributed by atoms with Gasteiger partial charge in [0.15, 0.2) is 0 Å². The second-order valence-electron chi connectivity index (χ2n) is 3.23. The normalized spacial score (nSPS) is 12.7. The van der Waals surface area contributed by atoms with Crippen molar-refractivity contribution in [1.82, 2.24) is 0 Å². The molecule has 0 aromatic carbocycles. The highest BCUT2D eigenvalue weighted by molar-refractivity contribution is 5.90. The van der Waals surface area contributed by atoms with Crippen LogP contribution in [0.4, 0.5) is 0 Å². The van der Waals surface area contributed by atoms with Crippen molar-refractivity contribution in [3.8, 4) is 0 Å². The number of hydrogen-bond donors (Lipinski definition) is 1. The Morgan fingerprint density at radius 2 is 2.00 bits per heavy atom. The second-order valence-corrected chi connectivity index (χ2v) is 3.23. The summed E-state index contributed by atoms with van der Waals surface area (Å²) in [7, 11) is 0. The van der Waals surface area contributed by atoms with Crippen molar-refractivity contribution >= 4 is 17.9 Å². The fourth-order valence-corrected chi connectivity index (χ4v) is 0.869. The summed E-state index contributed by atoms with van der Waals surface area (Å²) in [4.78, 5) is 30.4. The molecule has 0 unspecified atom stereocenters. The van der Waals surface area contributed by atoms with Gasteiger partial charge in [-0.2, -0.15) is 0 Å². The van der Waals surface area contributed by atoms with Gasteiger partial charge in [0.25, 0.3) is 0 Å². The van der Waals surface area contributed by atoms with Crippen molar-refractivity contribution in [2.24, 2.45) is 0 Å². The first-order valence-electron chi connectivity index (χ1n) is 5.41. The maximum Gasteiger partial charge on any atom is 0.330 e. The van der Waals surface area contributed by atoms with Crippen LogP contribution in [0.25, 0.3) is 0 Å². The van der Waals surface area contributed by atoms with Crippen LogP contribution in [0.15, 0.2) is 24.0 Å². The van der Waals surface area contributed by atoms with E-state index >= 15 is 0 Å². The summed E-state index contributed by atoms with van der Waals surface area (Å²) < 4.78 is 9.11. The Kier molecular flexibility index (Phi) is 7.92. The van der Waals surface area contributed by atoms with Gasteiger partial charge in [0, 0.05) is 25.5 Å². The van der Waals surface area contributed by atoms with E-state index in [1.807, 2.05) is 6.08 Å². The lowest BCUT2D eigenvalue weighted by Gasteiger charge is -2.11. The lowest BCUT2D eigenvalue weighted by molar-refractivity contribution is -0.138. The molecule has 0 atom stereocenters. The molecule has 18 heavy (non-hydrogen) atoms. The molecule has 0 radical (unpaired) electrons. The molecular weight excluding hydrogens is 240 g/mol. The summed E-state index contributed by atoms with van der Waals surface area (Å²) in [6.45, 7) is 3.31. The molecule has 0 aromatic heterocycles. The zero-order valence-electron chi connectivity index (χ0n) is 10.3. The van der Waals surface area contributed by atoms with Crippen molar-refractivity contribution in [2.75, 3.05) is 6.61 Å². The van der Waals surface area contributed by atoms with Crippen molar-refractivity contribution in [3.63, 3.8) is 0 Å². The largest absolute Gasteiger partial charge is 0.478 e. The van der Waals surface area contributed by atoms with E-state index in [4.69, 9.17) is 9.84 Å². The standard InChI is InChI=1S/C6H8O4.C6H8O2/c1-2-10-6(9)4-3-5(7)8;1-5(7)8-6-3-2-4-6/h3-4H,2H2,1H3,(H,7,8);3H,2,4H2,1H3/b4-3-;. The summed E-state index contributed by atoms with van der Waals surface area (Å²) >= 11 is 0. The number of carboxylic acids is 1. The molecule has 0 aliphatic heterocycles. The molecule has 1 aliphatic carbocycles. The Morgan fingerprint density at radius 3 is 2.28 bits per heavy atom. The number of carboxylic acid groups (broad SMARTS) is 1. The third kappa shape index (κ3) is 9.14. The van der Waals surface area contributed by atoms with Crippen molar-refractivity contribution in [1.29, 1.82) is 0 Å². The van der Waals surface area contributed by atoms with E-state index < -0.39 is 11.9 Å². The van der Waals surface area contributed by atoms with Crippen LogP contribution in [-0.2, 0) is 23.9 Å². The van der Waals surface area contributed by atoms with Crippen LogP contribution >= 0.6 is 0 Å². The lowest BCUT2D eigenvalue weighted by Crippen LogP contribution is -2.03. The van der Waals surface area contributed by atoms with Crippen LogP contribution in [0.1, 0.15) is 26.7 Å². The first kappa shape index (κ1) is 15.9. The van der Waals surface area contributed by atoms with Gasteiger partial charge in [-0.15, -0.1) is 0 Å². The number of aliphatic carboxylic acids is 1. The van der Waals surface area contributed by atoms with Crippen molar-refractivity contribution in [3.05, 3.63) is 24.0 Å². The third-order valence-corrected chi connectivity index (χ3v) is 1.69. The molecule has 1 N–H and O–H groups in total. The molecule has 0 saturated carbocycles. The lowest BCUT2D eigenvalue weighted by atomic mass is 10.1. The van der Waals surface area contributed by atoms with Crippen molar-refractivity contribution < 1.29 is 29.0 Å². The Labute approximate surface area is 105 Å². The highest BCUT2D eigenvalue weighted by Gasteiger charge is 2.07. The van der Waals surface area contributed by atoms with Gasteiger partial charge in [-0.1, -0.05) is 0 Å². The average molecular weight is 256 g/mol. The minimum atomic E-state index is -1.16. The fourth-order valence-electron chi connectivity index (χ4n) is 0.869. The van der Waals surface area contributed by atoms with Crippen LogP contribution in [0.5, 0.6) is 0 Å². The molecule has 1 aliphatic rings. The van der Waals surface area contributed by atoms with Gasteiger partial charge in [0.1, 0.15) is 5.76 Å². The average Bonchev–Trinajstić information content (AvgIpc) is 2.22. The monoisotopic (exact) mass is 256 g/mol. The van der Waals surface area contributed by atoms with Gasteiger partial charge >= 0.3 is 17.9 Å². The number of carbonyl (C=O) groups excluding carboxylic acids is 2. The van der Waals surface area contributed by atoms with Gasteiger partial charge in [0.2, 0.25) is 0 Å². The Balaban J connectivity index is 0.000000327. The highest BCUT2D eigenvalue weighted by Crippen LogP contribution is 2.18. The SMILES string of the molecule is CC(=O)OC1=CCC1.CCOC(=O)/C=C\C(=O)O. The zero-order valence-corrected chi connectivity index (χ0v) is 10.3. The molecule has 0 saturated heterocycles. The van der Waals surface area contributed by atoms with Crippen LogP contribution in [0.3, 0.4) is 0 Å². The fraction of sp³-hybridized carbons (Fsp3) is 0.417. The van der Waals surface area contributed by atoms with Crippen molar-refractivity contribution in [2.45, 2.75) is 26.7 Å². The Bertz CT molecular complexity index is 367. The maximum atomic E-state index is 10.4. The minimum absolute atomic E-state index is 0.212. The first-order valence-corrected chi connectivity index (χ1v) is 5.41. The van der Waals surface area contributed by atoms with E-state index in [1.54, 1.807) is 6.92 Å². The van der Waals surface area contributed by atoms with E-state index in [9.17, 15) is 14.4 Å². The first-order chi connectivity index (χ1) is 8.45. The number of hydrogen-bond acceptors (Lipinski definition) is 5. The number of rotatable bonds is 4. The van der Waals surface area contributed by atoms with Crippen LogP contribution in [-0.4, -0.2) is 29.6 Å². The molecule has 0 bridgehead atoms. The predicted octanol–water partition coefficient (Wildman–Crippen LogP) is 1.42. The summed E-state index contributed by atoms with van der Waals surface area (Å²) in [6.07, 6.45) is 5.51. The molecular formula is C12H16O6. The second kappa shape index (κ2) is 8.98. The molecule has 6 nitrogen and oxygen atoms in total. The molecule has 0 heterocycles. The van der Waals surface area contributed by atoms with Crippen LogP contribution in [0.2, 0.25) is 0 Å². The van der Waals surface area contributed by atoms with E-state index in [2.05, 4.69) is 4.74 Å². The van der Waals surface area contributed by atoms with E-state index in [1.165, 1.54) is 6.92 Å². The van der Waals surface area contributed by atoms with E-state index in [0.717, 1.165) is 30.8 Å². The van der Waals surface area contributed by atoms with Gasteiger partial charge < -0.3 is 14.6 Å². The molecule has 6 heteroatoms. The van der Waals surface area contributed by atoms with E-state index in [-0.39, 0.29) is 12.6 Å². The van der Waals surface area contributed by atoms with Gasteiger partial charge in [0.05, 0.1) is 6.61 Å². The highest BCUT2D eigenvalue weighted by atomic mass is 16.5. The van der Waals surface area contributed by atoms with Gasteiger partial charge in [-0.05, 0) is 19.4 Å². The predicted molar refractivity (Wildman–Crippen MR) is 62.5 cm³/mol. The van der Waals surface area contributed by atoms with Gasteiger partial charge in [-0.25, -0.2) is 9.59 Å². The number of ether oxygens (including phenoxy) is 2. The molecule has 0 spiro atoms. The number of carbonyl (C=O) groups is 3. The Morgan fingerprint density at radius 1 is 1.39 bits per heavy atom.